The molecule has 594 valence electrons. The van der Waals surface area contributed by atoms with Crippen LogP contribution in [-0.4, -0.2) is 234 Å². The van der Waals surface area contributed by atoms with E-state index >= 15 is 0 Å². The lowest BCUT2D eigenvalue weighted by atomic mass is 9.81. The van der Waals surface area contributed by atoms with Crippen LogP contribution in [0.2, 0.25) is 0 Å². The molecule has 8 aliphatic rings. The molecule has 0 aromatic heterocycles. The number of hydrogen-bond donors (Lipinski definition) is 13. The molecule has 16 unspecified atom stereocenters. The molecule has 0 aliphatic carbocycles. The molecule has 8 heterocycles. The Hall–Kier alpha value is 1.75. The van der Waals surface area contributed by atoms with Crippen LogP contribution in [0.1, 0.15) is 90.0 Å². The van der Waals surface area contributed by atoms with Gasteiger partial charge in [-0.25, -0.2) is 9.59 Å². The van der Waals surface area contributed by atoms with E-state index in [4.69, 9.17) is 117 Å². The fourth-order valence-corrected chi connectivity index (χ4v) is 17.3. The zero-order valence-corrected chi connectivity index (χ0v) is 68.4. The first kappa shape index (κ1) is 89.3. The predicted octanol–water partition coefficient (Wildman–Crippen LogP) is 7.67. The molecule has 0 aromatic carbocycles. The lowest BCUT2D eigenvalue weighted by Gasteiger charge is -2.52. The number of carbonyl (C=O) groups is 2. The number of carboxylic acid groups (broad SMARTS) is 2. The Morgan fingerprint density at radius 1 is 0.245 bits per heavy atom. The Balaban J connectivity index is 0.915. The summed E-state index contributed by atoms with van der Waals surface area (Å²) in [7, 11) is 0. The van der Waals surface area contributed by atoms with Gasteiger partial charge in [0.1, 0.15) is 85.5 Å². The molecule has 0 radical (unpaired) electrons. The van der Waals surface area contributed by atoms with Crippen molar-refractivity contribution in [3.63, 3.8) is 0 Å². The topological polar surface area (TPSA) is 315 Å². The number of carboxylic acids is 2. The van der Waals surface area contributed by atoms with Gasteiger partial charge in [0.15, 0.2) is 62.3 Å². The van der Waals surface area contributed by atoms with Gasteiger partial charge in [-0.2, -0.15) is 0 Å². The molecule has 0 aromatic rings. The van der Waals surface area contributed by atoms with E-state index in [1.807, 2.05) is 48.5 Å². The Kier molecular flexibility index (Phi) is 36.5. The molecule has 102 heavy (non-hydrogen) atoms. The molecule has 8 saturated heterocycles. The molecular weight excluding hydrogens is 1570 g/mol. The number of ether oxygens (including phenoxy) is 15. The SMILES string of the molecule is CC1C(C)[C@H](O[C@H]2O[C@H](COS)[C@@H](O[C@@H]3OC(C(=O)O)[C@H](O[C@@H]4OC(COS)[C@H](O[C@@H]5OC(COS)[C@H](O[C@@H]6OC(COS)[C@H](O[C@@H]7OC(COS)[C@H](OS)[C@H](C)C7C)[C@H](C)C6C)[C@H](C)C5C)[C@H](C)C4C)[C@H](C)C3C)C(OS)C2OS)[C@H](C(=O)O)O[C@@H]1O[C@H]1C(COS)O[C@@H](C)C(OS)[C@H]1OS. The van der Waals surface area contributed by atoms with Crippen molar-refractivity contribution in [2.75, 3.05) is 39.6 Å². The van der Waals surface area contributed by atoms with Crippen molar-refractivity contribution >= 4 is 154 Å². The third-order valence-electron chi connectivity index (χ3n) is 22.5. The fourth-order valence-electron chi connectivity index (χ4n) is 15.1. The Morgan fingerprint density at radius 2 is 0.461 bits per heavy atom. The molecule has 8 aliphatic heterocycles. The summed E-state index contributed by atoms with van der Waals surface area (Å²) in [4.78, 5) is 26.7. The van der Waals surface area contributed by atoms with E-state index in [1.165, 1.54) is 0 Å². The number of hydrogen-bond acceptors (Lipinski definition) is 39. The lowest BCUT2D eigenvalue weighted by Crippen LogP contribution is -2.65. The Labute approximate surface area is 658 Å². The lowest BCUT2D eigenvalue weighted by molar-refractivity contribution is -0.373. The molecule has 40 atom stereocenters. The van der Waals surface area contributed by atoms with Crippen molar-refractivity contribution in [3.05, 3.63) is 0 Å². The third-order valence-corrected chi connectivity index (χ3v) is 24.7. The van der Waals surface area contributed by atoms with E-state index in [2.05, 4.69) is 163 Å². The molecule has 41 heteroatoms. The second kappa shape index (κ2) is 41.7. The first-order chi connectivity index (χ1) is 48.7. The van der Waals surface area contributed by atoms with Crippen LogP contribution in [0.15, 0.2) is 0 Å². The van der Waals surface area contributed by atoms with Gasteiger partial charge in [0, 0.05) is 35.5 Å². The van der Waals surface area contributed by atoms with E-state index in [0.717, 1.165) is 0 Å². The van der Waals surface area contributed by atoms with E-state index in [9.17, 15) is 19.8 Å². The molecule has 0 spiro atoms. The summed E-state index contributed by atoms with van der Waals surface area (Å²) in [6, 6.07) is 0. The summed E-state index contributed by atoms with van der Waals surface area (Å²) in [6.07, 6.45) is -26.4. The highest BCUT2D eigenvalue weighted by molar-refractivity contribution is 7.76. The molecule has 2 N–H and O–H groups in total. The number of aliphatic carboxylic acids is 2. The predicted molar refractivity (Wildman–Crippen MR) is 393 cm³/mol. The molecular formula is C61H104O30S11. The molecule has 0 bridgehead atoms. The molecule has 8 rings (SSSR count). The summed E-state index contributed by atoms with van der Waals surface area (Å²) in [6.45, 7) is 24.9. The summed E-state index contributed by atoms with van der Waals surface area (Å²) in [5, 5.41) is 21.7. The van der Waals surface area contributed by atoms with Crippen molar-refractivity contribution in [2.45, 2.75) is 262 Å². The molecule has 0 saturated carbocycles. The van der Waals surface area contributed by atoms with Crippen LogP contribution in [0, 0.1) is 71.0 Å². The van der Waals surface area contributed by atoms with Crippen molar-refractivity contribution in [3.8, 4) is 0 Å². The van der Waals surface area contributed by atoms with Gasteiger partial charge in [-0.1, -0.05) is 83.1 Å². The van der Waals surface area contributed by atoms with E-state index in [1.54, 1.807) is 20.8 Å². The van der Waals surface area contributed by atoms with Crippen LogP contribution in [0.3, 0.4) is 0 Å². The normalized spacial score (nSPS) is 48.2. The first-order valence-corrected chi connectivity index (χ1v) is 38.1. The maximum Gasteiger partial charge on any atom is 0.335 e. The summed E-state index contributed by atoms with van der Waals surface area (Å²) in [5.74, 6) is -6.88. The number of rotatable bonds is 33. The minimum atomic E-state index is -1.67. The Morgan fingerprint density at radius 3 is 0.755 bits per heavy atom. The van der Waals surface area contributed by atoms with Crippen LogP contribution in [0.25, 0.3) is 0 Å². The minimum Gasteiger partial charge on any atom is -0.479 e. The standard InChI is InChI=1S/C61H104O30S11/c1-20-26(7)56(73-33(14-66-92)39(20)78-55-27(8)21(2)40(34(74-55)15-67-93)80-57-29(10)23(4)42(87-98)36(76-57)17-69-95)79-41-22(3)28(9)58(75-35(41)16-68-94)81-43-24(5)30(11)60(85-50(43)53(62)63)84-47-38(19-71-97)77-61(52(91-102)49(47)90-101)82-44-25(6)31(12)59(86-51(44)54(64)65)83-46-37(18-70-96)72-32(13)45(88-99)48(46)89-100/h20-52,55-61,92-102H,14-19H2,1-13H3,(H,62,63)(H,64,65)/t20-,21-,22-,23-,24-,25?,26?,27?,28?,29?,30?,31?,32+,33?,34?,35?,36?,37?,38-,39-,40-,41-,42-,43-,44+,45?,46+,47-,48-,49?,50?,51-,52?,55+,56+,57+,58+,59+,60-,61-/m1/s1. The van der Waals surface area contributed by atoms with Crippen molar-refractivity contribution < 1.29 is 137 Å². The zero-order chi connectivity index (χ0) is 74.9. The molecule has 0 amide bonds. The van der Waals surface area contributed by atoms with Gasteiger partial charge < -0.3 is 127 Å². The maximum atomic E-state index is 13.5. The van der Waals surface area contributed by atoms with Crippen LogP contribution >= 0.6 is 142 Å². The van der Waals surface area contributed by atoms with Gasteiger partial charge in [-0.15, -0.1) is 0 Å². The van der Waals surface area contributed by atoms with E-state index in [0.29, 0.717) is 0 Å². The van der Waals surface area contributed by atoms with Gasteiger partial charge in [0.2, 0.25) is 0 Å². The van der Waals surface area contributed by atoms with Gasteiger partial charge in [0.25, 0.3) is 0 Å². The summed E-state index contributed by atoms with van der Waals surface area (Å²) in [5.41, 5.74) is 0. The van der Waals surface area contributed by atoms with E-state index in [-0.39, 0.29) is 87.2 Å². The zero-order valence-electron chi connectivity index (χ0n) is 58.6. The monoisotopic (exact) mass is 1670 g/mol. The highest BCUT2D eigenvalue weighted by atomic mass is 32.1. The van der Waals surface area contributed by atoms with Gasteiger partial charge in [-0.3, -0.25) is 0 Å². The average Bonchev–Trinajstić information content (AvgIpc) is 0.770. The largest absolute Gasteiger partial charge is 0.479 e. The van der Waals surface area contributed by atoms with Crippen LogP contribution in [-0.2, 0) is 127 Å². The highest BCUT2D eigenvalue weighted by Crippen LogP contribution is 2.47. The quantitative estimate of drug-likeness (QED) is 0.0221. The third kappa shape index (κ3) is 20.3. The van der Waals surface area contributed by atoms with Crippen molar-refractivity contribution in [1.82, 2.24) is 0 Å². The van der Waals surface area contributed by atoms with E-state index < -0.39 is 208 Å². The van der Waals surface area contributed by atoms with Gasteiger partial charge >= 0.3 is 11.9 Å². The first-order valence-electron chi connectivity index (χ1n) is 34.0. The molecule has 8 fully saturated rings. The highest BCUT2D eigenvalue weighted by Gasteiger charge is 2.60. The van der Waals surface area contributed by atoms with Gasteiger partial charge in [-0.05, 0) is 184 Å². The second-order valence-corrected chi connectivity index (χ2v) is 30.9. The van der Waals surface area contributed by atoms with Gasteiger partial charge in [0.05, 0.1) is 64.1 Å². The summed E-state index contributed by atoms with van der Waals surface area (Å²) < 4.78 is 159. The fraction of sp³-hybridized carbons (Fsp3) is 0.967. The second-order valence-electron chi connectivity index (χ2n) is 28.3. The van der Waals surface area contributed by atoms with Crippen molar-refractivity contribution in [2.24, 2.45) is 71.0 Å². The summed E-state index contributed by atoms with van der Waals surface area (Å²) >= 11 is 45.1. The smallest absolute Gasteiger partial charge is 0.335 e. The minimum absolute atomic E-state index is 0.00867. The van der Waals surface area contributed by atoms with Crippen LogP contribution < -0.4 is 0 Å². The van der Waals surface area contributed by atoms with Crippen LogP contribution in [0.5, 0.6) is 0 Å². The van der Waals surface area contributed by atoms with Crippen LogP contribution in [0.4, 0.5) is 0 Å². The maximum absolute atomic E-state index is 13.5. The number of thiol groups is 11. The molecule has 30 nitrogen and oxygen atoms in total. The Bertz CT molecular complexity index is 2540. The van der Waals surface area contributed by atoms with Crippen molar-refractivity contribution in [1.29, 1.82) is 0 Å². The average molecular weight is 1670 g/mol.